The first kappa shape index (κ1) is 18.1. The predicted octanol–water partition coefficient (Wildman–Crippen LogP) is 4.74. The zero-order valence-electron chi connectivity index (χ0n) is 14.5. The second-order valence-corrected chi connectivity index (χ2v) is 6.83. The molecule has 0 unspecified atom stereocenters. The lowest BCUT2D eigenvalue weighted by atomic mass is 10.2. The molecule has 0 bridgehead atoms. The molecule has 0 radical (unpaired) electrons. The Bertz CT molecular complexity index is 1120. The second-order valence-electron chi connectivity index (χ2n) is 5.92. The molecule has 4 rings (SSSR count). The summed E-state index contributed by atoms with van der Waals surface area (Å²) in [6, 6.07) is 16.8. The summed E-state index contributed by atoms with van der Waals surface area (Å²) in [6.07, 6.45) is 1.49. The van der Waals surface area contributed by atoms with Gasteiger partial charge in [0.25, 0.3) is 5.91 Å². The first-order valence-electron chi connectivity index (χ1n) is 8.40. The fourth-order valence-electron chi connectivity index (χ4n) is 2.66. The van der Waals surface area contributed by atoms with Gasteiger partial charge in [0.15, 0.2) is 5.76 Å². The van der Waals surface area contributed by atoms with Gasteiger partial charge in [0, 0.05) is 11.0 Å². The molecule has 28 heavy (non-hydrogen) atoms. The minimum Gasteiger partial charge on any atom is -0.461 e. The van der Waals surface area contributed by atoms with Crippen LogP contribution in [0.4, 0.5) is 10.3 Å². The number of nitrogens with one attached hydrogen (secondary N) is 1. The Hall–Kier alpha value is -3.26. The van der Waals surface area contributed by atoms with E-state index in [1.54, 1.807) is 18.2 Å². The number of benzene rings is 2. The van der Waals surface area contributed by atoms with Gasteiger partial charge in [-0.25, -0.2) is 4.39 Å². The molecule has 0 atom stereocenters. The van der Waals surface area contributed by atoms with Crippen molar-refractivity contribution in [1.82, 2.24) is 14.8 Å². The van der Waals surface area contributed by atoms with E-state index in [0.29, 0.717) is 12.3 Å². The standard InChI is InChI=1S/C20H14BrFN4O2/c21-14-6-3-5-13(11-14)12-23-20-24-18(17-9-4-10-28-17)25-26(20)19(27)15-7-1-2-8-16(15)22/h1-11H,12H2,(H,23,24,25). The average molecular weight is 441 g/mol. The van der Waals surface area contributed by atoms with E-state index in [-0.39, 0.29) is 17.3 Å². The number of nitrogens with zero attached hydrogens (tertiary/aromatic N) is 3. The van der Waals surface area contributed by atoms with Crippen LogP contribution < -0.4 is 5.32 Å². The molecule has 0 saturated heterocycles. The third kappa shape index (κ3) is 3.72. The number of carbonyl (C=O) groups is 1. The SMILES string of the molecule is O=C(c1ccccc1F)n1nc(-c2ccco2)nc1NCc1cccc(Br)c1. The Balaban J connectivity index is 1.69. The highest BCUT2D eigenvalue weighted by Crippen LogP contribution is 2.21. The van der Waals surface area contributed by atoms with Crippen molar-refractivity contribution < 1.29 is 13.6 Å². The van der Waals surface area contributed by atoms with Crippen molar-refractivity contribution in [3.63, 3.8) is 0 Å². The monoisotopic (exact) mass is 440 g/mol. The Kier molecular flexibility index (Phi) is 5.03. The molecule has 6 nitrogen and oxygen atoms in total. The van der Waals surface area contributed by atoms with Crippen LogP contribution in [0.25, 0.3) is 11.6 Å². The summed E-state index contributed by atoms with van der Waals surface area (Å²) in [5.41, 5.74) is 0.880. The number of aromatic nitrogens is 3. The van der Waals surface area contributed by atoms with E-state index in [2.05, 4.69) is 31.3 Å². The summed E-state index contributed by atoms with van der Waals surface area (Å²) in [5.74, 6) is -0.419. The van der Waals surface area contributed by atoms with E-state index < -0.39 is 11.7 Å². The van der Waals surface area contributed by atoms with Gasteiger partial charge in [-0.1, -0.05) is 40.2 Å². The molecule has 0 aliphatic rings. The summed E-state index contributed by atoms with van der Waals surface area (Å²) in [5, 5.41) is 7.32. The Morgan fingerprint density at radius 1 is 1.14 bits per heavy atom. The van der Waals surface area contributed by atoms with Crippen molar-refractivity contribution in [1.29, 1.82) is 0 Å². The van der Waals surface area contributed by atoms with Crippen LogP contribution in [-0.2, 0) is 6.54 Å². The maximum Gasteiger partial charge on any atom is 0.284 e. The first-order valence-corrected chi connectivity index (χ1v) is 9.19. The molecule has 8 heteroatoms. The lowest BCUT2D eigenvalue weighted by Gasteiger charge is -2.08. The molecule has 0 saturated carbocycles. The molecule has 0 aliphatic heterocycles. The van der Waals surface area contributed by atoms with Crippen molar-refractivity contribution in [2.75, 3.05) is 5.32 Å². The van der Waals surface area contributed by atoms with Crippen molar-refractivity contribution in [2.45, 2.75) is 6.54 Å². The maximum absolute atomic E-state index is 14.1. The van der Waals surface area contributed by atoms with Crippen LogP contribution in [0, 0.1) is 5.82 Å². The number of anilines is 1. The van der Waals surface area contributed by atoms with E-state index in [0.717, 1.165) is 14.7 Å². The van der Waals surface area contributed by atoms with Crippen LogP contribution in [0.5, 0.6) is 0 Å². The maximum atomic E-state index is 14.1. The number of carbonyl (C=O) groups excluding carboxylic acids is 1. The van der Waals surface area contributed by atoms with E-state index in [9.17, 15) is 9.18 Å². The van der Waals surface area contributed by atoms with Gasteiger partial charge in [0.1, 0.15) is 5.82 Å². The Morgan fingerprint density at radius 3 is 2.75 bits per heavy atom. The van der Waals surface area contributed by atoms with Gasteiger partial charge in [-0.3, -0.25) is 4.79 Å². The number of hydrogen-bond acceptors (Lipinski definition) is 5. The van der Waals surface area contributed by atoms with Crippen LogP contribution >= 0.6 is 15.9 Å². The van der Waals surface area contributed by atoms with Gasteiger partial charge in [0.2, 0.25) is 11.8 Å². The molecule has 0 amide bonds. The molecule has 1 N–H and O–H groups in total. The number of rotatable bonds is 5. The summed E-state index contributed by atoms with van der Waals surface area (Å²) in [4.78, 5) is 17.2. The molecular weight excluding hydrogens is 427 g/mol. The smallest absolute Gasteiger partial charge is 0.284 e. The average Bonchev–Trinajstić information content (AvgIpc) is 3.36. The third-order valence-electron chi connectivity index (χ3n) is 3.99. The van der Waals surface area contributed by atoms with E-state index in [1.165, 1.54) is 24.5 Å². The normalized spacial score (nSPS) is 10.8. The first-order chi connectivity index (χ1) is 13.6. The molecule has 2 heterocycles. The highest BCUT2D eigenvalue weighted by Gasteiger charge is 2.21. The summed E-state index contributed by atoms with van der Waals surface area (Å²) in [6.45, 7) is 0.403. The summed E-state index contributed by atoms with van der Waals surface area (Å²) < 4.78 is 21.4. The molecule has 2 aromatic carbocycles. The zero-order chi connectivity index (χ0) is 19.5. The molecule has 2 aromatic heterocycles. The third-order valence-corrected chi connectivity index (χ3v) is 4.48. The van der Waals surface area contributed by atoms with Crippen LogP contribution in [0.1, 0.15) is 15.9 Å². The lowest BCUT2D eigenvalue weighted by molar-refractivity contribution is 0.0943. The molecule has 0 spiro atoms. The van der Waals surface area contributed by atoms with Gasteiger partial charge >= 0.3 is 0 Å². The minimum absolute atomic E-state index is 0.0936. The number of furan rings is 1. The summed E-state index contributed by atoms with van der Waals surface area (Å²) >= 11 is 3.43. The topological polar surface area (TPSA) is 73.0 Å². The quantitative estimate of drug-likeness (QED) is 0.485. The van der Waals surface area contributed by atoms with Crippen molar-refractivity contribution >= 4 is 27.8 Å². The van der Waals surface area contributed by atoms with Crippen molar-refractivity contribution in [3.8, 4) is 11.6 Å². The van der Waals surface area contributed by atoms with Gasteiger partial charge in [-0.15, -0.1) is 5.10 Å². The molecule has 0 aliphatic carbocycles. The fourth-order valence-corrected chi connectivity index (χ4v) is 3.10. The van der Waals surface area contributed by atoms with Gasteiger partial charge in [-0.05, 0) is 42.0 Å². The number of halogens is 2. The second kappa shape index (κ2) is 7.77. The van der Waals surface area contributed by atoms with E-state index in [4.69, 9.17) is 4.42 Å². The van der Waals surface area contributed by atoms with Crippen molar-refractivity contribution in [2.24, 2.45) is 0 Å². The number of hydrogen-bond donors (Lipinski definition) is 1. The molecule has 0 fully saturated rings. The predicted molar refractivity (Wildman–Crippen MR) is 105 cm³/mol. The van der Waals surface area contributed by atoms with Crippen molar-refractivity contribution in [3.05, 3.63) is 88.3 Å². The van der Waals surface area contributed by atoms with Crippen LogP contribution in [0.3, 0.4) is 0 Å². The highest BCUT2D eigenvalue weighted by atomic mass is 79.9. The van der Waals surface area contributed by atoms with Gasteiger partial charge in [-0.2, -0.15) is 9.67 Å². The summed E-state index contributed by atoms with van der Waals surface area (Å²) in [7, 11) is 0. The largest absolute Gasteiger partial charge is 0.461 e. The van der Waals surface area contributed by atoms with E-state index >= 15 is 0 Å². The highest BCUT2D eigenvalue weighted by molar-refractivity contribution is 9.10. The Labute approximate surface area is 168 Å². The minimum atomic E-state index is -0.625. The Morgan fingerprint density at radius 2 is 2.00 bits per heavy atom. The molecule has 4 aromatic rings. The lowest BCUT2D eigenvalue weighted by Crippen LogP contribution is -2.18. The molecule has 140 valence electrons. The van der Waals surface area contributed by atoms with Crippen LogP contribution in [-0.4, -0.2) is 20.7 Å². The van der Waals surface area contributed by atoms with Crippen LogP contribution in [0.2, 0.25) is 0 Å². The molecular formula is C20H14BrFN4O2. The fraction of sp³-hybridized carbons (Fsp3) is 0.0500. The zero-order valence-corrected chi connectivity index (χ0v) is 16.1. The van der Waals surface area contributed by atoms with E-state index in [1.807, 2.05) is 24.3 Å². The van der Waals surface area contributed by atoms with Gasteiger partial charge in [0.05, 0.1) is 11.8 Å². The van der Waals surface area contributed by atoms with Gasteiger partial charge < -0.3 is 9.73 Å². The van der Waals surface area contributed by atoms with Crippen LogP contribution in [0.15, 0.2) is 75.8 Å².